The molecule has 1 unspecified atom stereocenters. The number of hydrogen-bond acceptors (Lipinski definition) is 7. The molecule has 0 aliphatic carbocycles. The minimum absolute atomic E-state index is 0.341. The molecule has 180 valence electrons. The molecule has 0 amide bonds. The summed E-state index contributed by atoms with van der Waals surface area (Å²) in [5.41, 5.74) is 2.95. The van der Waals surface area contributed by atoms with E-state index in [1.807, 2.05) is 48.7 Å². The second-order valence-electron chi connectivity index (χ2n) is 8.61. The normalized spacial score (nSPS) is 14.4. The standard InChI is InChI=1S/C28H17FN4O3S/c1-37-18-12-8-15(9-13-18)21-22-24(19-4-2-3-5-20(19)35-28(22)34)36-27-23(21)26-31-25(32-33(26)14-30-27)16-6-10-17(29)11-7-16/h2-14,21H,1H3. The molecule has 0 fully saturated rings. The summed E-state index contributed by atoms with van der Waals surface area (Å²) in [5.74, 6) is 0.269. The molecule has 3 aromatic carbocycles. The van der Waals surface area contributed by atoms with Crippen molar-refractivity contribution in [2.75, 3.05) is 6.26 Å². The zero-order valence-corrected chi connectivity index (χ0v) is 20.2. The molecule has 4 heterocycles. The SMILES string of the molecule is CSc1ccc(C2c3c(c4ccccc4oc3=O)Oc3ncn4nc(-c5ccc(F)cc5)nc4c32)cc1. The van der Waals surface area contributed by atoms with Gasteiger partial charge in [-0.15, -0.1) is 16.9 Å². The van der Waals surface area contributed by atoms with Gasteiger partial charge < -0.3 is 9.15 Å². The summed E-state index contributed by atoms with van der Waals surface area (Å²) in [4.78, 5) is 23.9. The highest BCUT2D eigenvalue weighted by atomic mass is 32.2. The second kappa shape index (κ2) is 8.28. The van der Waals surface area contributed by atoms with E-state index in [1.165, 1.54) is 18.5 Å². The Kier molecular flexibility index (Phi) is 4.87. The van der Waals surface area contributed by atoms with Crippen LogP contribution in [0.2, 0.25) is 0 Å². The lowest BCUT2D eigenvalue weighted by molar-refractivity contribution is 0.422. The van der Waals surface area contributed by atoms with E-state index >= 15 is 0 Å². The van der Waals surface area contributed by atoms with Crippen molar-refractivity contribution in [3.8, 4) is 23.0 Å². The van der Waals surface area contributed by atoms with Crippen LogP contribution in [0.25, 0.3) is 28.0 Å². The molecule has 3 aromatic heterocycles. The van der Waals surface area contributed by atoms with Crippen molar-refractivity contribution in [2.45, 2.75) is 10.8 Å². The maximum atomic E-state index is 13.5. The first-order valence-electron chi connectivity index (χ1n) is 11.5. The molecule has 0 radical (unpaired) electrons. The Morgan fingerprint density at radius 2 is 1.76 bits per heavy atom. The summed E-state index contributed by atoms with van der Waals surface area (Å²) in [5, 5.41) is 5.25. The fourth-order valence-corrected chi connectivity index (χ4v) is 5.19. The third-order valence-electron chi connectivity index (χ3n) is 6.51. The first-order chi connectivity index (χ1) is 18.1. The van der Waals surface area contributed by atoms with Gasteiger partial charge in [0.2, 0.25) is 5.88 Å². The van der Waals surface area contributed by atoms with Gasteiger partial charge in [0.1, 0.15) is 17.7 Å². The maximum Gasteiger partial charge on any atom is 0.344 e. The van der Waals surface area contributed by atoms with Crippen LogP contribution in [0.3, 0.4) is 0 Å². The molecule has 1 aliphatic rings. The fourth-order valence-electron chi connectivity index (χ4n) is 4.78. The minimum atomic E-state index is -0.558. The Bertz CT molecular complexity index is 1880. The molecule has 0 bridgehead atoms. The molecule has 0 saturated heterocycles. The number of nitrogens with zero attached hydrogens (tertiary/aromatic N) is 4. The van der Waals surface area contributed by atoms with Gasteiger partial charge in [-0.05, 0) is 60.4 Å². The van der Waals surface area contributed by atoms with Crippen LogP contribution < -0.4 is 10.4 Å². The Balaban J connectivity index is 1.52. The number of para-hydroxylation sites is 1. The predicted molar refractivity (Wildman–Crippen MR) is 138 cm³/mol. The van der Waals surface area contributed by atoms with E-state index in [0.717, 1.165) is 10.5 Å². The molecule has 7 rings (SSSR count). The molecular weight excluding hydrogens is 491 g/mol. The van der Waals surface area contributed by atoms with E-state index in [2.05, 4.69) is 10.1 Å². The summed E-state index contributed by atoms with van der Waals surface area (Å²) >= 11 is 1.63. The van der Waals surface area contributed by atoms with Crippen molar-refractivity contribution >= 4 is 28.4 Å². The number of hydrogen-bond donors (Lipinski definition) is 0. The predicted octanol–water partition coefficient (Wildman–Crippen LogP) is 6.04. The summed E-state index contributed by atoms with van der Waals surface area (Å²) in [6.07, 6.45) is 3.54. The van der Waals surface area contributed by atoms with Gasteiger partial charge in [-0.2, -0.15) is 0 Å². The van der Waals surface area contributed by atoms with Gasteiger partial charge >= 0.3 is 5.63 Å². The number of aromatic nitrogens is 4. The van der Waals surface area contributed by atoms with Gasteiger partial charge in [-0.1, -0.05) is 24.3 Å². The summed E-state index contributed by atoms with van der Waals surface area (Å²) < 4.78 is 27.1. The lowest BCUT2D eigenvalue weighted by Gasteiger charge is -2.27. The molecule has 1 aliphatic heterocycles. The minimum Gasteiger partial charge on any atom is -0.437 e. The first-order valence-corrected chi connectivity index (χ1v) is 12.7. The fraction of sp³-hybridized carbons (Fsp3) is 0.0714. The van der Waals surface area contributed by atoms with Crippen molar-refractivity contribution in [1.29, 1.82) is 0 Å². The number of halogens is 1. The van der Waals surface area contributed by atoms with Gasteiger partial charge in [0.05, 0.1) is 22.4 Å². The van der Waals surface area contributed by atoms with Gasteiger partial charge in [0.15, 0.2) is 17.2 Å². The molecule has 9 heteroatoms. The van der Waals surface area contributed by atoms with Gasteiger partial charge in [0, 0.05) is 10.5 Å². The average molecular weight is 509 g/mol. The highest BCUT2D eigenvalue weighted by Crippen LogP contribution is 2.48. The third kappa shape index (κ3) is 3.42. The van der Waals surface area contributed by atoms with Gasteiger partial charge in [0.25, 0.3) is 0 Å². The maximum absolute atomic E-state index is 13.5. The number of benzene rings is 3. The topological polar surface area (TPSA) is 82.5 Å². The van der Waals surface area contributed by atoms with E-state index < -0.39 is 11.5 Å². The van der Waals surface area contributed by atoms with Crippen LogP contribution in [-0.4, -0.2) is 25.8 Å². The zero-order valence-electron chi connectivity index (χ0n) is 19.4. The molecule has 1 atom stereocenters. The second-order valence-corrected chi connectivity index (χ2v) is 9.49. The molecule has 0 spiro atoms. The number of ether oxygens (including phenoxy) is 1. The Morgan fingerprint density at radius 3 is 2.54 bits per heavy atom. The van der Waals surface area contributed by atoms with Crippen LogP contribution in [0, 0.1) is 5.82 Å². The smallest absolute Gasteiger partial charge is 0.344 e. The van der Waals surface area contributed by atoms with E-state index in [4.69, 9.17) is 14.1 Å². The van der Waals surface area contributed by atoms with E-state index in [0.29, 0.717) is 50.8 Å². The Hall–Kier alpha value is -4.50. The van der Waals surface area contributed by atoms with Crippen LogP contribution in [0.4, 0.5) is 4.39 Å². The van der Waals surface area contributed by atoms with Crippen molar-refractivity contribution in [1.82, 2.24) is 19.6 Å². The number of fused-ring (bicyclic) bond motifs is 6. The molecule has 0 N–H and O–H groups in total. The van der Waals surface area contributed by atoms with Crippen LogP contribution in [-0.2, 0) is 0 Å². The first kappa shape index (κ1) is 21.8. The molecule has 37 heavy (non-hydrogen) atoms. The van der Waals surface area contributed by atoms with Crippen LogP contribution in [0.5, 0.6) is 11.6 Å². The highest BCUT2D eigenvalue weighted by Gasteiger charge is 2.37. The van der Waals surface area contributed by atoms with Gasteiger partial charge in [-0.3, -0.25) is 0 Å². The lowest BCUT2D eigenvalue weighted by atomic mass is 9.84. The highest BCUT2D eigenvalue weighted by molar-refractivity contribution is 7.98. The monoisotopic (exact) mass is 508 g/mol. The molecule has 0 saturated carbocycles. The summed E-state index contributed by atoms with van der Waals surface area (Å²) in [7, 11) is 0. The van der Waals surface area contributed by atoms with E-state index in [1.54, 1.807) is 34.5 Å². The van der Waals surface area contributed by atoms with Crippen molar-refractivity contribution in [3.63, 3.8) is 0 Å². The molecule has 7 nitrogen and oxygen atoms in total. The average Bonchev–Trinajstić information content (AvgIpc) is 3.37. The Morgan fingerprint density at radius 1 is 0.973 bits per heavy atom. The van der Waals surface area contributed by atoms with E-state index in [-0.39, 0.29) is 5.82 Å². The van der Waals surface area contributed by atoms with Crippen molar-refractivity contribution in [2.24, 2.45) is 0 Å². The molecular formula is C28H17FN4O3S. The summed E-state index contributed by atoms with van der Waals surface area (Å²) in [6.45, 7) is 0. The zero-order chi connectivity index (χ0) is 25.1. The lowest BCUT2D eigenvalue weighted by Crippen LogP contribution is -2.22. The third-order valence-corrected chi connectivity index (χ3v) is 7.26. The van der Waals surface area contributed by atoms with Crippen molar-refractivity contribution in [3.05, 3.63) is 112 Å². The quantitative estimate of drug-likeness (QED) is 0.212. The largest absolute Gasteiger partial charge is 0.437 e. The van der Waals surface area contributed by atoms with Crippen LogP contribution in [0.1, 0.15) is 22.6 Å². The van der Waals surface area contributed by atoms with Crippen molar-refractivity contribution < 1.29 is 13.5 Å². The van der Waals surface area contributed by atoms with Crippen LogP contribution >= 0.6 is 11.8 Å². The van der Waals surface area contributed by atoms with Crippen LogP contribution in [0.15, 0.2) is 93.2 Å². The number of rotatable bonds is 3. The van der Waals surface area contributed by atoms with Gasteiger partial charge in [-0.25, -0.2) is 23.7 Å². The molecule has 6 aromatic rings. The van der Waals surface area contributed by atoms with E-state index in [9.17, 15) is 9.18 Å². The summed E-state index contributed by atoms with van der Waals surface area (Å²) in [6, 6.07) is 21.2. The number of thioether (sulfide) groups is 1. The Labute approximate surface area is 213 Å².